The molecule has 1 aliphatic rings. The first-order chi connectivity index (χ1) is 13.3. The zero-order chi connectivity index (χ0) is 20.1. The maximum Gasteiger partial charge on any atom is 0.240 e. The summed E-state index contributed by atoms with van der Waals surface area (Å²) in [6.07, 6.45) is 0.797. The van der Waals surface area contributed by atoms with Crippen LogP contribution in [0.4, 0.5) is 5.69 Å². The Balaban J connectivity index is 1.42. The van der Waals surface area contributed by atoms with E-state index in [9.17, 15) is 8.42 Å². The molecule has 1 fully saturated rings. The Bertz CT molecular complexity index is 892. The normalized spacial score (nSPS) is 15.8. The summed E-state index contributed by atoms with van der Waals surface area (Å²) in [6, 6.07) is 13.4. The van der Waals surface area contributed by atoms with Crippen LogP contribution < -0.4 is 9.62 Å². The Morgan fingerprint density at radius 3 is 2.32 bits per heavy atom. The largest absolute Gasteiger partial charge is 0.369 e. The molecule has 1 heterocycles. The van der Waals surface area contributed by atoms with Gasteiger partial charge in [-0.2, -0.15) is 0 Å². The number of hydrogen-bond acceptors (Lipinski definition) is 4. The van der Waals surface area contributed by atoms with Crippen LogP contribution in [0, 0.1) is 13.8 Å². The van der Waals surface area contributed by atoms with Crippen LogP contribution >= 0.6 is 11.6 Å². The molecule has 1 aliphatic heterocycles. The number of hydrogen-bond donors (Lipinski definition) is 1. The number of benzene rings is 2. The minimum Gasteiger partial charge on any atom is -0.369 e. The van der Waals surface area contributed by atoms with E-state index in [-0.39, 0.29) is 0 Å². The predicted octanol–water partition coefficient (Wildman–Crippen LogP) is 3.45. The van der Waals surface area contributed by atoms with E-state index in [0.717, 1.165) is 55.3 Å². The molecule has 0 atom stereocenters. The van der Waals surface area contributed by atoms with Crippen LogP contribution in [0.25, 0.3) is 0 Å². The molecule has 7 heteroatoms. The Labute approximate surface area is 173 Å². The van der Waals surface area contributed by atoms with Crippen LogP contribution in [0.2, 0.25) is 5.02 Å². The van der Waals surface area contributed by atoms with Crippen molar-refractivity contribution in [3.63, 3.8) is 0 Å². The molecule has 0 amide bonds. The number of halogens is 1. The molecule has 2 aromatic rings. The second-order valence-electron chi connectivity index (χ2n) is 7.33. The highest BCUT2D eigenvalue weighted by molar-refractivity contribution is 7.89. The molecule has 1 N–H and O–H groups in total. The smallest absolute Gasteiger partial charge is 0.240 e. The molecule has 2 aromatic carbocycles. The molecular formula is C21H28ClN3O2S. The van der Waals surface area contributed by atoms with Gasteiger partial charge in [0.1, 0.15) is 0 Å². The maximum absolute atomic E-state index is 12.5. The quantitative estimate of drug-likeness (QED) is 0.696. The second-order valence-corrected chi connectivity index (χ2v) is 9.50. The fraction of sp³-hybridized carbons (Fsp3) is 0.429. The number of rotatable bonds is 7. The van der Waals surface area contributed by atoms with E-state index in [1.54, 1.807) is 6.07 Å². The van der Waals surface area contributed by atoms with Crippen molar-refractivity contribution >= 4 is 27.3 Å². The number of nitrogens with one attached hydrogen (secondary N) is 1. The van der Waals surface area contributed by atoms with Gasteiger partial charge in [-0.3, -0.25) is 4.90 Å². The summed E-state index contributed by atoms with van der Waals surface area (Å²) in [7, 11) is -3.45. The van der Waals surface area contributed by atoms with Gasteiger partial charge >= 0.3 is 0 Å². The highest BCUT2D eigenvalue weighted by Gasteiger charge is 2.18. The van der Waals surface area contributed by atoms with Crippen molar-refractivity contribution in [3.05, 3.63) is 58.6 Å². The van der Waals surface area contributed by atoms with Gasteiger partial charge in [-0.1, -0.05) is 29.3 Å². The molecule has 3 rings (SSSR count). The first-order valence-electron chi connectivity index (χ1n) is 9.65. The number of piperazine rings is 1. The van der Waals surface area contributed by atoms with Gasteiger partial charge in [0.25, 0.3) is 0 Å². The topological polar surface area (TPSA) is 52.7 Å². The molecule has 0 aromatic heterocycles. The van der Waals surface area contributed by atoms with Crippen LogP contribution in [0.3, 0.4) is 0 Å². The van der Waals surface area contributed by atoms with Gasteiger partial charge in [0.05, 0.1) is 4.90 Å². The van der Waals surface area contributed by atoms with E-state index in [1.807, 2.05) is 38.1 Å². The van der Waals surface area contributed by atoms with E-state index in [2.05, 4.69) is 26.7 Å². The van der Waals surface area contributed by atoms with E-state index in [4.69, 9.17) is 11.6 Å². The predicted molar refractivity (Wildman–Crippen MR) is 116 cm³/mol. The van der Waals surface area contributed by atoms with Crippen molar-refractivity contribution in [2.75, 3.05) is 44.2 Å². The van der Waals surface area contributed by atoms with Crippen LogP contribution in [0.1, 0.15) is 17.5 Å². The third-order valence-corrected chi connectivity index (χ3v) is 7.00. The average Bonchev–Trinajstić information content (AvgIpc) is 2.66. The molecule has 0 spiro atoms. The first-order valence-corrected chi connectivity index (χ1v) is 11.5. The lowest BCUT2D eigenvalue weighted by molar-refractivity contribution is 0.255. The SMILES string of the molecule is Cc1ccc(S(=O)(=O)NCCCN2CCN(c3ccc(Cl)cc3)CC2)c(C)c1. The molecule has 1 saturated heterocycles. The summed E-state index contributed by atoms with van der Waals surface area (Å²) < 4.78 is 27.7. The maximum atomic E-state index is 12.5. The zero-order valence-corrected chi connectivity index (χ0v) is 18.1. The van der Waals surface area contributed by atoms with Crippen LogP contribution in [0.15, 0.2) is 47.4 Å². The van der Waals surface area contributed by atoms with Gasteiger partial charge in [0, 0.05) is 43.4 Å². The third-order valence-electron chi connectivity index (χ3n) is 5.13. The monoisotopic (exact) mass is 421 g/mol. The number of anilines is 1. The van der Waals surface area contributed by atoms with Crippen LogP contribution in [-0.4, -0.2) is 52.6 Å². The Morgan fingerprint density at radius 2 is 1.68 bits per heavy atom. The highest BCUT2D eigenvalue weighted by Crippen LogP contribution is 2.19. The van der Waals surface area contributed by atoms with E-state index in [0.29, 0.717) is 11.4 Å². The minimum atomic E-state index is -3.45. The molecule has 152 valence electrons. The van der Waals surface area contributed by atoms with E-state index < -0.39 is 10.0 Å². The number of nitrogens with zero attached hydrogens (tertiary/aromatic N) is 2. The lowest BCUT2D eigenvalue weighted by Crippen LogP contribution is -2.47. The Morgan fingerprint density at radius 1 is 1.00 bits per heavy atom. The Hall–Kier alpha value is -1.60. The summed E-state index contributed by atoms with van der Waals surface area (Å²) in [5, 5.41) is 0.755. The molecule has 0 saturated carbocycles. The lowest BCUT2D eigenvalue weighted by atomic mass is 10.2. The summed E-state index contributed by atoms with van der Waals surface area (Å²) in [5.74, 6) is 0. The number of sulfonamides is 1. The van der Waals surface area contributed by atoms with Gasteiger partial charge in [-0.15, -0.1) is 0 Å². The minimum absolute atomic E-state index is 0.370. The second kappa shape index (κ2) is 9.27. The van der Waals surface area contributed by atoms with Crippen LogP contribution in [-0.2, 0) is 10.0 Å². The van der Waals surface area contributed by atoms with Crippen molar-refractivity contribution in [1.82, 2.24) is 9.62 Å². The van der Waals surface area contributed by atoms with Gasteiger partial charge < -0.3 is 4.90 Å². The van der Waals surface area contributed by atoms with Crippen molar-refractivity contribution in [2.45, 2.75) is 25.2 Å². The summed E-state index contributed by atoms with van der Waals surface area (Å²) in [6.45, 7) is 9.03. The molecule has 0 radical (unpaired) electrons. The van der Waals surface area contributed by atoms with Crippen molar-refractivity contribution in [1.29, 1.82) is 0 Å². The summed E-state index contributed by atoms with van der Waals surface area (Å²) >= 11 is 5.96. The van der Waals surface area contributed by atoms with Gasteiger partial charge in [-0.05, 0) is 62.7 Å². The fourth-order valence-electron chi connectivity index (χ4n) is 3.57. The standard InChI is InChI=1S/C21H28ClN3O2S/c1-17-4-9-21(18(2)16-17)28(26,27)23-10-3-11-24-12-14-25(15-13-24)20-7-5-19(22)6-8-20/h4-9,16,23H,3,10-15H2,1-2H3. The lowest BCUT2D eigenvalue weighted by Gasteiger charge is -2.36. The summed E-state index contributed by atoms with van der Waals surface area (Å²) in [4.78, 5) is 5.11. The van der Waals surface area contributed by atoms with E-state index in [1.165, 1.54) is 5.69 Å². The fourth-order valence-corrected chi connectivity index (χ4v) is 4.99. The molecular weight excluding hydrogens is 394 g/mol. The van der Waals surface area contributed by atoms with Crippen molar-refractivity contribution in [3.8, 4) is 0 Å². The molecule has 5 nitrogen and oxygen atoms in total. The molecule has 28 heavy (non-hydrogen) atoms. The zero-order valence-electron chi connectivity index (χ0n) is 16.5. The third kappa shape index (κ3) is 5.47. The van der Waals surface area contributed by atoms with E-state index >= 15 is 0 Å². The first kappa shape index (κ1) is 21.1. The average molecular weight is 422 g/mol. The molecule has 0 unspecified atom stereocenters. The van der Waals surface area contributed by atoms with Gasteiger partial charge in [0.2, 0.25) is 10.0 Å². The summed E-state index contributed by atoms with van der Waals surface area (Å²) in [5.41, 5.74) is 3.05. The highest BCUT2D eigenvalue weighted by atomic mass is 35.5. The van der Waals surface area contributed by atoms with Gasteiger partial charge in [0.15, 0.2) is 0 Å². The van der Waals surface area contributed by atoms with Crippen molar-refractivity contribution < 1.29 is 8.42 Å². The molecule has 0 bridgehead atoms. The van der Waals surface area contributed by atoms with Crippen LogP contribution in [0.5, 0.6) is 0 Å². The number of aryl methyl sites for hydroxylation is 2. The van der Waals surface area contributed by atoms with Gasteiger partial charge in [-0.25, -0.2) is 13.1 Å². The van der Waals surface area contributed by atoms with Crippen molar-refractivity contribution in [2.24, 2.45) is 0 Å². The molecule has 0 aliphatic carbocycles. The Kier molecular flexibility index (Phi) is 6.99.